The first-order chi connectivity index (χ1) is 14.2. The fourth-order valence-electron chi connectivity index (χ4n) is 3.09. The van der Waals surface area contributed by atoms with Gasteiger partial charge in [0, 0.05) is 21.6 Å². The van der Waals surface area contributed by atoms with Crippen molar-refractivity contribution in [3.63, 3.8) is 0 Å². The normalized spacial score (nSPS) is 12.3. The Labute approximate surface area is 185 Å². The van der Waals surface area contributed by atoms with Crippen LogP contribution in [-0.2, 0) is 4.79 Å². The van der Waals surface area contributed by atoms with Gasteiger partial charge in [0.15, 0.2) is 5.69 Å². The third-order valence-electron chi connectivity index (χ3n) is 4.25. The highest BCUT2D eigenvalue weighted by Crippen LogP contribution is 2.32. The molecule has 0 saturated carbocycles. The molecule has 0 bridgehead atoms. The lowest BCUT2D eigenvalue weighted by atomic mass is 9.99. The third kappa shape index (κ3) is 5.23. The van der Waals surface area contributed by atoms with E-state index in [1.54, 1.807) is 29.6 Å². The molecule has 30 heavy (non-hydrogen) atoms. The first-order valence-electron chi connectivity index (χ1n) is 9.40. The van der Waals surface area contributed by atoms with Gasteiger partial charge in [0.05, 0.1) is 0 Å². The minimum absolute atomic E-state index is 0.168. The monoisotopic (exact) mass is 442 g/mol. The maximum atomic E-state index is 13.5. The van der Waals surface area contributed by atoms with E-state index in [1.807, 2.05) is 52.0 Å². The van der Waals surface area contributed by atoms with Gasteiger partial charge >= 0.3 is 0 Å². The molecule has 0 aliphatic carbocycles. The third-order valence-corrected chi connectivity index (χ3v) is 4.99. The number of aromatic nitrogens is 2. The van der Waals surface area contributed by atoms with Crippen LogP contribution >= 0.6 is 23.1 Å². The van der Waals surface area contributed by atoms with Crippen molar-refractivity contribution in [3.8, 4) is 0 Å². The SMILES string of the molecule is Cc1cccc([C@@H](C(=O)NC(C)(C)C)N(C(=O)c2csnn2)c2cccc(Cl)c2)c1. The van der Waals surface area contributed by atoms with E-state index in [1.165, 1.54) is 4.90 Å². The van der Waals surface area contributed by atoms with Gasteiger partial charge < -0.3 is 5.32 Å². The predicted octanol–water partition coefficient (Wildman–Crippen LogP) is 4.80. The van der Waals surface area contributed by atoms with Crippen LogP contribution in [-0.4, -0.2) is 26.9 Å². The van der Waals surface area contributed by atoms with Gasteiger partial charge in [-0.3, -0.25) is 14.5 Å². The number of nitrogens with zero attached hydrogens (tertiary/aromatic N) is 3. The summed E-state index contributed by atoms with van der Waals surface area (Å²) in [6, 6.07) is 13.5. The van der Waals surface area contributed by atoms with Crippen molar-refractivity contribution in [1.82, 2.24) is 14.9 Å². The highest BCUT2D eigenvalue weighted by Gasteiger charge is 2.35. The predicted molar refractivity (Wildman–Crippen MR) is 120 cm³/mol. The van der Waals surface area contributed by atoms with Crippen LogP contribution in [0.5, 0.6) is 0 Å². The first kappa shape index (κ1) is 21.9. The number of halogens is 1. The zero-order chi connectivity index (χ0) is 21.9. The summed E-state index contributed by atoms with van der Waals surface area (Å²) in [6.07, 6.45) is 0. The Balaban J connectivity index is 2.19. The average Bonchev–Trinajstić information content (AvgIpc) is 3.18. The smallest absolute Gasteiger partial charge is 0.280 e. The molecule has 1 N–H and O–H groups in total. The highest BCUT2D eigenvalue weighted by molar-refractivity contribution is 7.03. The first-order valence-corrected chi connectivity index (χ1v) is 10.6. The molecule has 0 saturated heterocycles. The molecular weight excluding hydrogens is 420 g/mol. The summed E-state index contributed by atoms with van der Waals surface area (Å²) in [5, 5.41) is 8.95. The van der Waals surface area contributed by atoms with Crippen LogP contribution < -0.4 is 10.2 Å². The second-order valence-corrected chi connectivity index (χ2v) is 9.05. The Morgan fingerprint density at radius 3 is 2.47 bits per heavy atom. The fourth-order valence-corrected chi connectivity index (χ4v) is 3.70. The van der Waals surface area contributed by atoms with Gasteiger partial charge in [-0.05, 0) is 63.0 Å². The molecule has 1 heterocycles. The van der Waals surface area contributed by atoms with Crippen LogP contribution in [0.15, 0.2) is 53.9 Å². The second kappa shape index (κ2) is 8.93. The number of hydrogen-bond acceptors (Lipinski definition) is 5. The minimum atomic E-state index is -0.920. The van der Waals surface area contributed by atoms with E-state index in [0.29, 0.717) is 16.3 Å². The van der Waals surface area contributed by atoms with E-state index in [4.69, 9.17) is 11.6 Å². The van der Waals surface area contributed by atoms with Crippen LogP contribution in [0.2, 0.25) is 5.02 Å². The topological polar surface area (TPSA) is 75.2 Å². The molecule has 3 aromatic rings. The number of nitrogens with one attached hydrogen (secondary N) is 1. The van der Waals surface area contributed by atoms with Crippen molar-refractivity contribution in [3.05, 3.63) is 75.8 Å². The second-order valence-electron chi connectivity index (χ2n) is 8.00. The molecule has 2 amide bonds. The van der Waals surface area contributed by atoms with Gasteiger partial charge in [-0.2, -0.15) is 0 Å². The van der Waals surface area contributed by atoms with E-state index in [0.717, 1.165) is 17.1 Å². The molecule has 156 valence electrons. The van der Waals surface area contributed by atoms with E-state index in [-0.39, 0.29) is 11.6 Å². The number of carbonyl (C=O) groups is 2. The molecular formula is C22H23ClN4O2S. The quantitative estimate of drug-likeness (QED) is 0.615. The van der Waals surface area contributed by atoms with E-state index < -0.39 is 17.5 Å². The molecule has 2 aromatic carbocycles. The number of amides is 2. The van der Waals surface area contributed by atoms with Crippen molar-refractivity contribution < 1.29 is 9.59 Å². The molecule has 0 aliphatic heterocycles. The standard InChI is InChI=1S/C22H23ClN4O2S/c1-14-7-5-8-15(11-14)19(20(28)24-22(2,3)4)27(17-10-6-9-16(23)12-17)21(29)18-13-30-26-25-18/h5-13,19H,1-4H3,(H,24,28)/t19-/m0/s1. The Morgan fingerprint density at radius 1 is 1.13 bits per heavy atom. The number of anilines is 1. The lowest BCUT2D eigenvalue weighted by molar-refractivity contribution is -0.123. The van der Waals surface area contributed by atoms with Gasteiger partial charge in [0.2, 0.25) is 5.91 Å². The lowest BCUT2D eigenvalue weighted by Gasteiger charge is -2.33. The van der Waals surface area contributed by atoms with Crippen molar-refractivity contribution in [1.29, 1.82) is 0 Å². The zero-order valence-electron chi connectivity index (χ0n) is 17.2. The molecule has 6 nitrogen and oxygen atoms in total. The number of aryl methyl sites for hydroxylation is 1. The fraction of sp³-hybridized carbons (Fsp3) is 0.273. The van der Waals surface area contributed by atoms with Crippen LogP contribution in [0.4, 0.5) is 5.69 Å². The number of carbonyl (C=O) groups excluding carboxylic acids is 2. The average molecular weight is 443 g/mol. The van der Waals surface area contributed by atoms with Crippen LogP contribution in [0.3, 0.4) is 0 Å². The Kier molecular flexibility index (Phi) is 6.53. The van der Waals surface area contributed by atoms with E-state index >= 15 is 0 Å². The summed E-state index contributed by atoms with van der Waals surface area (Å²) >= 11 is 7.29. The van der Waals surface area contributed by atoms with E-state index in [9.17, 15) is 9.59 Å². The maximum absolute atomic E-state index is 13.5. The Morgan fingerprint density at radius 2 is 1.87 bits per heavy atom. The summed E-state index contributed by atoms with van der Waals surface area (Å²) < 4.78 is 3.80. The molecule has 0 unspecified atom stereocenters. The minimum Gasteiger partial charge on any atom is -0.349 e. The van der Waals surface area contributed by atoms with Crippen molar-refractivity contribution in [2.24, 2.45) is 0 Å². The Bertz CT molecular complexity index is 1050. The van der Waals surface area contributed by atoms with Gasteiger partial charge in [0.25, 0.3) is 5.91 Å². The molecule has 0 aliphatic rings. The summed E-state index contributed by atoms with van der Waals surface area (Å²) in [5.74, 6) is -0.730. The molecule has 3 rings (SSSR count). The van der Waals surface area contributed by atoms with Gasteiger partial charge in [0.1, 0.15) is 6.04 Å². The largest absolute Gasteiger partial charge is 0.349 e. The summed E-state index contributed by atoms with van der Waals surface area (Å²) in [4.78, 5) is 28.4. The van der Waals surface area contributed by atoms with E-state index in [2.05, 4.69) is 14.9 Å². The number of rotatable bonds is 5. The molecule has 8 heteroatoms. The number of benzene rings is 2. The molecule has 0 spiro atoms. The zero-order valence-corrected chi connectivity index (χ0v) is 18.8. The van der Waals surface area contributed by atoms with Gasteiger partial charge in [-0.25, -0.2) is 0 Å². The summed E-state index contributed by atoms with van der Waals surface area (Å²) in [7, 11) is 0. The van der Waals surface area contributed by atoms with Crippen LogP contribution in [0, 0.1) is 6.92 Å². The highest BCUT2D eigenvalue weighted by atomic mass is 35.5. The summed E-state index contributed by atoms with van der Waals surface area (Å²) in [6.45, 7) is 7.63. The molecule has 1 aromatic heterocycles. The Hall–Kier alpha value is -2.77. The van der Waals surface area contributed by atoms with Crippen molar-refractivity contribution >= 4 is 40.6 Å². The molecule has 1 atom stereocenters. The molecule has 0 fully saturated rings. The van der Waals surface area contributed by atoms with Gasteiger partial charge in [-0.1, -0.05) is 52.0 Å². The summed E-state index contributed by atoms with van der Waals surface area (Å²) in [5.41, 5.74) is 1.85. The van der Waals surface area contributed by atoms with Crippen LogP contribution in [0.1, 0.15) is 48.4 Å². The van der Waals surface area contributed by atoms with Crippen molar-refractivity contribution in [2.75, 3.05) is 4.90 Å². The lowest BCUT2D eigenvalue weighted by Crippen LogP contribution is -2.49. The van der Waals surface area contributed by atoms with Crippen LogP contribution in [0.25, 0.3) is 0 Å². The maximum Gasteiger partial charge on any atom is 0.280 e. The van der Waals surface area contributed by atoms with Gasteiger partial charge in [-0.15, -0.1) is 5.10 Å². The van der Waals surface area contributed by atoms with Crippen molar-refractivity contribution in [2.45, 2.75) is 39.3 Å². The molecule has 0 radical (unpaired) electrons. The number of hydrogen-bond donors (Lipinski definition) is 1.